The second-order valence-electron chi connectivity index (χ2n) is 3.45. The second kappa shape index (κ2) is 4.40. The predicted molar refractivity (Wildman–Crippen MR) is 58.7 cm³/mol. The summed E-state index contributed by atoms with van der Waals surface area (Å²) >= 11 is 0. The van der Waals surface area contributed by atoms with Gasteiger partial charge in [0.25, 0.3) is 0 Å². The van der Waals surface area contributed by atoms with Crippen LogP contribution in [0.5, 0.6) is 11.5 Å². The first-order valence-electron chi connectivity index (χ1n) is 5.05. The van der Waals surface area contributed by atoms with Crippen LogP contribution in [0.2, 0.25) is 0 Å². The number of nitrogens with two attached hydrogens (primary N) is 1. The standard InChI is InChI=1S/C11H11F2N3O/c1-2-16-6-8(5-15-16)17-11-9(12)3-7(14)4-10(11)13/h3-6H,2,14H2,1H3. The Morgan fingerprint density at radius 3 is 2.53 bits per heavy atom. The van der Waals surface area contributed by atoms with Gasteiger partial charge in [0.1, 0.15) is 0 Å². The molecule has 2 N–H and O–H groups in total. The van der Waals surface area contributed by atoms with Crippen molar-refractivity contribution in [3.8, 4) is 11.5 Å². The minimum atomic E-state index is -0.841. The van der Waals surface area contributed by atoms with Crippen LogP contribution in [0.4, 0.5) is 14.5 Å². The molecule has 0 saturated carbocycles. The molecule has 0 atom stereocenters. The number of nitrogens with zero attached hydrogens (tertiary/aromatic N) is 2. The lowest BCUT2D eigenvalue weighted by Crippen LogP contribution is -1.95. The molecule has 0 unspecified atom stereocenters. The molecule has 1 aromatic carbocycles. The summed E-state index contributed by atoms with van der Waals surface area (Å²) in [6.07, 6.45) is 2.94. The van der Waals surface area contributed by atoms with Crippen molar-refractivity contribution in [3.63, 3.8) is 0 Å². The Kier molecular flexibility index (Phi) is 2.95. The van der Waals surface area contributed by atoms with Gasteiger partial charge in [-0.1, -0.05) is 0 Å². The first kappa shape index (κ1) is 11.4. The molecular formula is C11H11F2N3O. The van der Waals surface area contributed by atoms with Gasteiger partial charge in [0.15, 0.2) is 23.1 Å². The molecule has 0 saturated heterocycles. The number of aromatic nitrogens is 2. The Hall–Kier alpha value is -2.11. The van der Waals surface area contributed by atoms with Crippen molar-refractivity contribution in [1.29, 1.82) is 0 Å². The predicted octanol–water partition coefficient (Wildman–Crippen LogP) is 2.56. The van der Waals surface area contributed by atoms with Gasteiger partial charge in [-0.25, -0.2) is 8.78 Å². The van der Waals surface area contributed by atoms with Crippen LogP contribution in [-0.4, -0.2) is 9.78 Å². The average molecular weight is 239 g/mol. The van der Waals surface area contributed by atoms with Crippen molar-refractivity contribution >= 4 is 5.69 Å². The molecule has 0 radical (unpaired) electrons. The van der Waals surface area contributed by atoms with Crippen LogP contribution in [0.1, 0.15) is 6.92 Å². The van der Waals surface area contributed by atoms with Crippen molar-refractivity contribution in [2.75, 3.05) is 5.73 Å². The van der Waals surface area contributed by atoms with Crippen molar-refractivity contribution in [1.82, 2.24) is 9.78 Å². The zero-order chi connectivity index (χ0) is 12.4. The highest BCUT2D eigenvalue weighted by atomic mass is 19.1. The first-order chi connectivity index (χ1) is 8.10. The van der Waals surface area contributed by atoms with E-state index in [1.165, 1.54) is 6.20 Å². The van der Waals surface area contributed by atoms with Crippen molar-refractivity contribution in [3.05, 3.63) is 36.2 Å². The van der Waals surface area contributed by atoms with E-state index in [1.54, 1.807) is 10.9 Å². The molecule has 0 spiro atoms. The van der Waals surface area contributed by atoms with Crippen molar-refractivity contribution in [2.45, 2.75) is 13.5 Å². The highest BCUT2D eigenvalue weighted by Crippen LogP contribution is 2.28. The third-order valence-electron chi connectivity index (χ3n) is 2.17. The van der Waals surface area contributed by atoms with E-state index in [4.69, 9.17) is 10.5 Å². The molecule has 17 heavy (non-hydrogen) atoms. The van der Waals surface area contributed by atoms with Crippen LogP contribution in [0.15, 0.2) is 24.5 Å². The van der Waals surface area contributed by atoms with E-state index in [0.717, 1.165) is 12.1 Å². The molecule has 6 heteroatoms. The molecule has 0 amide bonds. The fraction of sp³-hybridized carbons (Fsp3) is 0.182. The zero-order valence-corrected chi connectivity index (χ0v) is 9.15. The maximum Gasteiger partial charge on any atom is 0.198 e. The average Bonchev–Trinajstić information content (AvgIpc) is 2.71. The Morgan fingerprint density at radius 1 is 1.35 bits per heavy atom. The summed E-state index contributed by atoms with van der Waals surface area (Å²) < 4.78 is 33.5. The molecule has 0 aliphatic heterocycles. The van der Waals surface area contributed by atoms with E-state index in [9.17, 15) is 8.78 Å². The number of benzene rings is 1. The van der Waals surface area contributed by atoms with Crippen LogP contribution < -0.4 is 10.5 Å². The van der Waals surface area contributed by atoms with Gasteiger partial charge in [-0.05, 0) is 6.92 Å². The number of nitrogen functional groups attached to an aromatic ring is 1. The quantitative estimate of drug-likeness (QED) is 0.837. The van der Waals surface area contributed by atoms with E-state index in [0.29, 0.717) is 6.54 Å². The molecule has 2 aromatic rings. The topological polar surface area (TPSA) is 53.1 Å². The molecule has 1 aromatic heterocycles. The SMILES string of the molecule is CCn1cc(Oc2c(F)cc(N)cc2F)cn1. The maximum absolute atomic E-state index is 13.4. The summed E-state index contributed by atoms with van der Waals surface area (Å²) in [5.74, 6) is -1.89. The highest BCUT2D eigenvalue weighted by Gasteiger charge is 2.13. The van der Waals surface area contributed by atoms with Gasteiger partial charge in [0.2, 0.25) is 0 Å². The van der Waals surface area contributed by atoms with E-state index < -0.39 is 17.4 Å². The van der Waals surface area contributed by atoms with Gasteiger partial charge in [-0.3, -0.25) is 4.68 Å². The highest BCUT2D eigenvalue weighted by molar-refractivity contribution is 5.45. The third-order valence-corrected chi connectivity index (χ3v) is 2.17. The van der Waals surface area contributed by atoms with E-state index in [2.05, 4.69) is 5.10 Å². The van der Waals surface area contributed by atoms with Crippen molar-refractivity contribution in [2.24, 2.45) is 0 Å². The summed E-state index contributed by atoms with van der Waals surface area (Å²) in [4.78, 5) is 0. The zero-order valence-electron chi connectivity index (χ0n) is 9.15. The summed E-state index contributed by atoms with van der Waals surface area (Å²) in [7, 11) is 0. The Balaban J connectivity index is 2.29. The molecule has 0 aliphatic rings. The van der Waals surface area contributed by atoms with E-state index in [1.807, 2.05) is 6.92 Å². The summed E-state index contributed by atoms with van der Waals surface area (Å²) in [6, 6.07) is 2.01. The largest absolute Gasteiger partial charge is 0.448 e. The Morgan fingerprint density at radius 2 is 2.00 bits per heavy atom. The number of anilines is 1. The Labute approximate surface area is 96.6 Å². The van der Waals surface area contributed by atoms with Crippen molar-refractivity contribution < 1.29 is 13.5 Å². The molecule has 4 nitrogen and oxygen atoms in total. The van der Waals surface area contributed by atoms with Gasteiger partial charge in [-0.2, -0.15) is 5.10 Å². The summed E-state index contributed by atoms with van der Waals surface area (Å²) in [5, 5.41) is 3.93. The van der Waals surface area contributed by atoms with Gasteiger partial charge >= 0.3 is 0 Å². The monoisotopic (exact) mass is 239 g/mol. The molecule has 0 aliphatic carbocycles. The lowest BCUT2D eigenvalue weighted by Gasteiger charge is -2.06. The smallest absolute Gasteiger partial charge is 0.198 e. The van der Waals surface area contributed by atoms with E-state index >= 15 is 0 Å². The lowest BCUT2D eigenvalue weighted by molar-refractivity contribution is 0.407. The van der Waals surface area contributed by atoms with Gasteiger partial charge in [0.05, 0.1) is 12.4 Å². The molecular weight excluding hydrogens is 228 g/mol. The third kappa shape index (κ3) is 2.35. The Bertz CT molecular complexity index is 516. The molecule has 1 heterocycles. The fourth-order valence-corrected chi connectivity index (χ4v) is 1.37. The van der Waals surface area contributed by atoms with Gasteiger partial charge in [0, 0.05) is 24.4 Å². The number of halogens is 2. The lowest BCUT2D eigenvalue weighted by atomic mass is 10.3. The van der Waals surface area contributed by atoms with Crippen LogP contribution in [-0.2, 0) is 6.54 Å². The fourth-order valence-electron chi connectivity index (χ4n) is 1.37. The summed E-state index contributed by atoms with van der Waals surface area (Å²) in [5.41, 5.74) is 5.31. The van der Waals surface area contributed by atoms with Crippen LogP contribution in [0.3, 0.4) is 0 Å². The molecule has 2 rings (SSSR count). The molecule has 0 bridgehead atoms. The van der Waals surface area contributed by atoms with Crippen LogP contribution in [0, 0.1) is 11.6 Å². The summed E-state index contributed by atoms with van der Waals surface area (Å²) in [6.45, 7) is 2.54. The number of ether oxygens (including phenoxy) is 1. The maximum atomic E-state index is 13.4. The van der Waals surface area contributed by atoms with Gasteiger partial charge in [-0.15, -0.1) is 0 Å². The van der Waals surface area contributed by atoms with Crippen LogP contribution in [0.25, 0.3) is 0 Å². The molecule has 0 fully saturated rings. The number of rotatable bonds is 3. The second-order valence-corrected chi connectivity index (χ2v) is 3.45. The number of hydrogen-bond donors (Lipinski definition) is 1. The van der Waals surface area contributed by atoms with Crippen LogP contribution >= 0.6 is 0 Å². The normalized spacial score (nSPS) is 10.5. The first-order valence-corrected chi connectivity index (χ1v) is 5.05. The minimum Gasteiger partial charge on any atom is -0.448 e. The van der Waals surface area contributed by atoms with Gasteiger partial charge < -0.3 is 10.5 Å². The molecule has 90 valence electrons. The number of hydrogen-bond acceptors (Lipinski definition) is 3. The minimum absolute atomic E-state index is 0.0107. The number of aryl methyl sites for hydroxylation is 1. The van der Waals surface area contributed by atoms with E-state index in [-0.39, 0.29) is 11.4 Å².